The van der Waals surface area contributed by atoms with Gasteiger partial charge in [-0.1, -0.05) is 18.6 Å². The maximum atomic E-state index is 15.0. The van der Waals surface area contributed by atoms with E-state index < -0.39 is 59.7 Å². The molecule has 73 heavy (non-hydrogen) atoms. The molecule has 0 spiro atoms. The first-order valence-corrected chi connectivity index (χ1v) is 24.2. The van der Waals surface area contributed by atoms with Crippen molar-refractivity contribution in [1.82, 2.24) is 46.9 Å². The molecular weight excluding hydrogens is 941 g/mol. The third-order valence-corrected chi connectivity index (χ3v) is 12.4. The fourth-order valence-electron chi connectivity index (χ4n) is 8.79. The number of carbonyl (C=O) groups is 6. The van der Waals surface area contributed by atoms with Gasteiger partial charge in [-0.05, 0) is 113 Å². The van der Waals surface area contributed by atoms with Gasteiger partial charge in [0, 0.05) is 49.8 Å². The standard InChI is InChI=1S/C51H64N12O10/c1-29-43(30(2)58-45(57-29)33-11-14-36(15-12-33)73-35-8-6-5-7-9-35)48(66)60-39(18-22-56-51(69)62-70)50(68)63(4)44-34-13-17-42(72-25-21-54)38(28-34)37-26-32(10-16-41(37)71-24-20-53)27-40(47(65)55-23-19-52)61-46(64)31(3)59-49(44)67/h10-17,26,28,31,35,39-40,44,70H,5-9,18,20-25,27,53-54H2,1-4H3,(H,55,65)(H,59,67)(H,60,66)(H,61,64)(H2,56,62,69)/t31-,39?,40-,44-/m0/s1. The first-order chi connectivity index (χ1) is 35.1. The van der Waals surface area contributed by atoms with Crippen LogP contribution in [0, 0.1) is 25.2 Å². The Labute approximate surface area is 423 Å². The molecule has 22 nitrogen and oxygen atoms in total. The van der Waals surface area contributed by atoms with Crippen molar-refractivity contribution in [2.24, 2.45) is 11.5 Å². The molecule has 0 saturated heterocycles. The summed E-state index contributed by atoms with van der Waals surface area (Å²) >= 11 is 0. The summed E-state index contributed by atoms with van der Waals surface area (Å²) in [6.07, 6.45) is 5.42. The Hall–Kier alpha value is -7.87. The molecule has 2 heterocycles. The molecule has 1 aliphatic heterocycles. The zero-order valence-corrected chi connectivity index (χ0v) is 41.4. The van der Waals surface area contributed by atoms with Crippen molar-refractivity contribution in [2.75, 3.05) is 46.4 Å². The van der Waals surface area contributed by atoms with Crippen molar-refractivity contribution in [3.63, 3.8) is 0 Å². The van der Waals surface area contributed by atoms with Gasteiger partial charge in [-0.2, -0.15) is 5.26 Å². The topological polar surface area (TPSA) is 327 Å². The van der Waals surface area contributed by atoms with Crippen LogP contribution in [0.25, 0.3) is 22.5 Å². The first kappa shape index (κ1) is 54.5. The number of urea groups is 1. The van der Waals surface area contributed by atoms with Crippen molar-refractivity contribution < 1.29 is 48.2 Å². The largest absolute Gasteiger partial charge is 0.492 e. The van der Waals surface area contributed by atoms with Crippen molar-refractivity contribution in [1.29, 1.82) is 5.26 Å². The average molecular weight is 1010 g/mol. The number of aromatic nitrogens is 2. The van der Waals surface area contributed by atoms with E-state index >= 15 is 4.79 Å². The molecule has 1 aromatic heterocycles. The van der Waals surface area contributed by atoms with Crippen LogP contribution in [0.1, 0.15) is 84.4 Å². The number of nitrogens with two attached hydrogens (primary N) is 2. The summed E-state index contributed by atoms with van der Waals surface area (Å²) in [7, 11) is 1.35. The highest BCUT2D eigenvalue weighted by atomic mass is 16.5. The average Bonchev–Trinajstić information content (AvgIpc) is 3.38. The minimum atomic E-state index is -1.52. The number of hydrogen-bond donors (Lipinski definition) is 9. The van der Waals surface area contributed by atoms with Crippen molar-refractivity contribution >= 4 is 35.6 Å². The molecule has 4 atom stereocenters. The SMILES string of the molecule is Cc1nc(-c2ccc(OC3CCCCC3)cc2)nc(C)c1C(=O)NC(CCNC(=O)NO)C(=O)N(C)[C@@H]1C(=O)N[C@@H](C)C(=O)N[C@H](C(=O)NCC#N)Cc2ccc(OCCN)c(c2)-c2cc1ccc2OCCN. The highest BCUT2D eigenvalue weighted by Crippen LogP contribution is 2.40. The summed E-state index contributed by atoms with van der Waals surface area (Å²) in [6.45, 7) is 4.64. The van der Waals surface area contributed by atoms with Gasteiger partial charge in [0.15, 0.2) is 5.82 Å². The number of benzene rings is 3. The van der Waals surface area contributed by atoms with E-state index in [9.17, 15) is 34.4 Å². The number of carbonyl (C=O) groups excluding carboxylic acids is 6. The van der Waals surface area contributed by atoms with Crippen LogP contribution in [-0.4, -0.2) is 126 Å². The molecule has 4 bridgehead atoms. The predicted molar refractivity (Wildman–Crippen MR) is 267 cm³/mol. The van der Waals surface area contributed by atoms with Crippen LogP contribution < -0.4 is 57.7 Å². The van der Waals surface area contributed by atoms with Gasteiger partial charge < -0.3 is 57.2 Å². The Morgan fingerprint density at radius 2 is 1.52 bits per heavy atom. The number of fused-ring (bicyclic) bond motifs is 5. The molecule has 6 rings (SSSR count). The highest BCUT2D eigenvalue weighted by Gasteiger charge is 2.37. The lowest BCUT2D eigenvalue weighted by atomic mass is 9.93. The molecular formula is C51H64N12O10. The van der Waals surface area contributed by atoms with Crippen LogP contribution in [0.2, 0.25) is 0 Å². The number of nitrogens with zero attached hydrogens (tertiary/aromatic N) is 4. The zero-order chi connectivity index (χ0) is 52.6. The molecule has 1 saturated carbocycles. The van der Waals surface area contributed by atoms with Gasteiger partial charge in [0.05, 0.1) is 29.1 Å². The van der Waals surface area contributed by atoms with Crippen LogP contribution in [0.4, 0.5) is 4.79 Å². The van der Waals surface area contributed by atoms with Gasteiger partial charge in [-0.3, -0.25) is 29.2 Å². The molecule has 388 valence electrons. The summed E-state index contributed by atoms with van der Waals surface area (Å²) in [5, 5.41) is 31.4. The van der Waals surface area contributed by atoms with Crippen LogP contribution in [0.3, 0.4) is 0 Å². The molecule has 2 aliphatic rings. The molecule has 4 aromatic rings. The van der Waals surface area contributed by atoms with Gasteiger partial charge in [0.2, 0.25) is 23.6 Å². The predicted octanol–water partition coefficient (Wildman–Crippen LogP) is 2.38. The van der Waals surface area contributed by atoms with E-state index in [1.807, 2.05) is 30.3 Å². The molecule has 11 N–H and O–H groups in total. The lowest BCUT2D eigenvalue weighted by molar-refractivity contribution is -0.141. The Morgan fingerprint density at radius 1 is 0.877 bits per heavy atom. The second kappa shape index (κ2) is 26.0. The highest BCUT2D eigenvalue weighted by molar-refractivity contribution is 6.00. The Kier molecular flexibility index (Phi) is 19.4. The number of aryl methyl sites for hydroxylation is 2. The summed E-state index contributed by atoms with van der Waals surface area (Å²) in [6, 6.07) is 12.8. The summed E-state index contributed by atoms with van der Waals surface area (Å²) in [5.74, 6) is -1.96. The van der Waals surface area contributed by atoms with Crippen LogP contribution in [-0.2, 0) is 25.6 Å². The van der Waals surface area contributed by atoms with Gasteiger partial charge >= 0.3 is 6.03 Å². The fourth-order valence-corrected chi connectivity index (χ4v) is 8.79. The number of ether oxygens (including phenoxy) is 3. The number of nitriles is 1. The number of rotatable bonds is 18. The molecule has 7 amide bonds. The van der Waals surface area contributed by atoms with E-state index in [-0.39, 0.29) is 69.5 Å². The maximum absolute atomic E-state index is 15.0. The lowest BCUT2D eigenvalue weighted by Gasteiger charge is -2.33. The maximum Gasteiger partial charge on any atom is 0.338 e. The summed E-state index contributed by atoms with van der Waals surface area (Å²) < 4.78 is 18.4. The van der Waals surface area contributed by atoms with Crippen molar-refractivity contribution in [3.8, 4) is 45.8 Å². The minimum absolute atomic E-state index is 0.0342. The lowest BCUT2D eigenvalue weighted by Crippen LogP contribution is -2.56. The third-order valence-electron chi connectivity index (χ3n) is 12.4. The second-order valence-corrected chi connectivity index (χ2v) is 17.8. The normalized spacial score (nSPS) is 17.3. The number of nitrogens with one attached hydrogen (secondary N) is 6. The fraction of sp³-hybridized carbons (Fsp3) is 0.431. The Balaban J connectivity index is 1.38. The monoisotopic (exact) mass is 1000 g/mol. The van der Waals surface area contributed by atoms with Crippen LogP contribution >= 0.6 is 0 Å². The number of hydroxylamine groups is 1. The molecule has 1 fully saturated rings. The zero-order valence-electron chi connectivity index (χ0n) is 41.4. The van der Waals surface area contributed by atoms with E-state index in [1.54, 1.807) is 50.2 Å². The number of amides is 7. The van der Waals surface area contributed by atoms with E-state index in [4.69, 9.17) is 25.7 Å². The van der Waals surface area contributed by atoms with Gasteiger partial charge in [-0.15, -0.1) is 0 Å². The van der Waals surface area contributed by atoms with E-state index in [2.05, 4.69) is 36.6 Å². The summed E-state index contributed by atoms with van der Waals surface area (Å²) in [4.78, 5) is 93.8. The Bertz CT molecular complexity index is 2650. The third kappa shape index (κ3) is 14.2. The molecule has 1 aliphatic carbocycles. The van der Waals surface area contributed by atoms with E-state index in [1.165, 1.54) is 25.9 Å². The minimum Gasteiger partial charge on any atom is -0.492 e. The summed E-state index contributed by atoms with van der Waals surface area (Å²) in [5.41, 5.74) is 16.2. The van der Waals surface area contributed by atoms with E-state index in [0.717, 1.165) is 36.3 Å². The molecule has 22 heteroatoms. The van der Waals surface area contributed by atoms with Crippen LogP contribution in [0.5, 0.6) is 17.2 Å². The van der Waals surface area contributed by atoms with Crippen molar-refractivity contribution in [3.05, 3.63) is 88.7 Å². The first-order valence-electron chi connectivity index (χ1n) is 24.2. The van der Waals surface area contributed by atoms with Gasteiger partial charge in [0.1, 0.15) is 61.2 Å². The smallest absolute Gasteiger partial charge is 0.338 e. The van der Waals surface area contributed by atoms with E-state index in [0.29, 0.717) is 51.0 Å². The molecule has 1 unspecified atom stereocenters. The van der Waals surface area contributed by atoms with Gasteiger partial charge in [-0.25, -0.2) is 20.2 Å². The molecule has 3 aromatic carbocycles. The second-order valence-electron chi connectivity index (χ2n) is 17.8. The van der Waals surface area contributed by atoms with Crippen molar-refractivity contribution in [2.45, 2.75) is 96.0 Å². The van der Waals surface area contributed by atoms with Crippen LogP contribution in [0.15, 0.2) is 60.7 Å². The molecule has 0 radical (unpaired) electrons. The Morgan fingerprint density at radius 3 is 2.15 bits per heavy atom. The number of hydrogen-bond acceptors (Lipinski definition) is 15. The number of likely N-dealkylation sites (N-methyl/N-ethyl adjacent to an activating group) is 1. The van der Waals surface area contributed by atoms with Gasteiger partial charge in [0.25, 0.3) is 5.91 Å². The quantitative estimate of drug-likeness (QED) is 0.0393.